The molecule has 0 saturated carbocycles. The first kappa shape index (κ1) is 6.74. The molecule has 0 atom stereocenters. The average Bonchev–Trinajstić information content (AvgIpc) is 1.64. The fourth-order valence-electron chi connectivity index (χ4n) is 0.129. The fraction of sp³-hybridized carbons (Fsp3) is 0.333. The molecule has 0 rings (SSSR count). The molecule has 0 aliphatic heterocycles. The van der Waals surface area contributed by atoms with Crippen LogP contribution in [0.15, 0.2) is 0 Å². The number of carbonyl (C=O) groups excluding carboxylic acids is 2. The topological polar surface area (TPSA) is 77.3 Å². The summed E-state index contributed by atoms with van der Waals surface area (Å²) in [4.78, 5) is 27.7. The second-order valence-electron chi connectivity index (χ2n) is 1.12. The Morgan fingerprint density at radius 2 is 1.88 bits per heavy atom. The Balaban J connectivity index is 4.05. The van der Waals surface area contributed by atoms with E-state index in [0.29, 0.717) is 0 Å². The van der Waals surface area contributed by atoms with E-state index in [1.165, 1.54) is 0 Å². The van der Waals surface area contributed by atoms with Gasteiger partial charge in [-0.2, -0.15) is 0 Å². The second kappa shape index (κ2) is 2.15. The van der Waals surface area contributed by atoms with Crippen LogP contribution in [0.4, 0.5) is 0 Å². The van der Waals surface area contributed by atoms with E-state index < -0.39 is 16.6 Å². The molecule has 0 aromatic carbocycles. The Morgan fingerprint density at radius 3 is 1.88 bits per heavy atom. The predicted octanol–water partition coefficient (Wildman–Crippen LogP) is -0.621. The number of carbonyl (C=O) groups is 2. The van der Waals surface area contributed by atoms with Gasteiger partial charge in [0.1, 0.15) is 4.92 Å². The van der Waals surface area contributed by atoms with Crippen LogP contribution in [-0.2, 0) is 9.59 Å². The monoisotopic (exact) mass is 117 g/mol. The van der Waals surface area contributed by atoms with Gasteiger partial charge in [-0.1, -0.05) is 0 Å². The molecular formula is C3H3NO4. The van der Waals surface area contributed by atoms with Gasteiger partial charge in [0, 0.05) is 6.92 Å². The van der Waals surface area contributed by atoms with E-state index in [-0.39, 0.29) is 0 Å². The third kappa shape index (κ3) is 1.46. The summed E-state index contributed by atoms with van der Waals surface area (Å²) in [5.74, 6) is -2.61. The van der Waals surface area contributed by atoms with Gasteiger partial charge in [0.25, 0.3) is 5.78 Å². The van der Waals surface area contributed by atoms with Gasteiger partial charge in [-0.25, -0.2) is 4.79 Å². The molecule has 44 valence electrons. The lowest BCUT2D eigenvalue weighted by atomic mass is 10.4. The summed E-state index contributed by atoms with van der Waals surface area (Å²) >= 11 is 0. The molecule has 0 saturated heterocycles. The summed E-state index contributed by atoms with van der Waals surface area (Å²) < 4.78 is 0. The first-order valence-electron chi connectivity index (χ1n) is 1.75. The zero-order valence-electron chi connectivity index (χ0n) is 4.08. The van der Waals surface area contributed by atoms with E-state index in [9.17, 15) is 19.7 Å². The maximum Gasteiger partial charge on any atom is 0.511 e. The quantitative estimate of drug-likeness (QED) is 0.260. The van der Waals surface area contributed by atoms with Crippen molar-refractivity contribution in [3.63, 3.8) is 0 Å². The van der Waals surface area contributed by atoms with E-state index in [1.54, 1.807) is 0 Å². The third-order valence-corrected chi connectivity index (χ3v) is 0.467. The third-order valence-electron chi connectivity index (χ3n) is 0.467. The largest absolute Gasteiger partial charge is 0.511 e. The highest BCUT2D eigenvalue weighted by Crippen LogP contribution is 1.73. The van der Waals surface area contributed by atoms with Gasteiger partial charge < -0.3 is 0 Å². The molecule has 5 heteroatoms. The number of hydrogen-bond donors (Lipinski definition) is 0. The van der Waals surface area contributed by atoms with Crippen LogP contribution >= 0.6 is 0 Å². The number of nitrogens with zero attached hydrogens (tertiary/aromatic N) is 1. The average molecular weight is 117 g/mol. The van der Waals surface area contributed by atoms with Gasteiger partial charge in [-0.05, 0) is 0 Å². The predicted molar refractivity (Wildman–Crippen MR) is 22.7 cm³/mol. The summed E-state index contributed by atoms with van der Waals surface area (Å²) in [5, 5.41) is 9.38. The van der Waals surface area contributed by atoms with E-state index in [2.05, 4.69) is 0 Å². The lowest BCUT2D eigenvalue weighted by Gasteiger charge is -1.78. The van der Waals surface area contributed by atoms with Crippen molar-refractivity contribution in [1.82, 2.24) is 0 Å². The van der Waals surface area contributed by atoms with Crippen molar-refractivity contribution in [2.45, 2.75) is 6.92 Å². The van der Waals surface area contributed by atoms with Crippen molar-refractivity contribution >= 4 is 11.7 Å². The summed E-state index contributed by atoms with van der Waals surface area (Å²) in [5.41, 5.74) is 0. The molecule has 8 heavy (non-hydrogen) atoms. The maximum absolute atomic E-state index is 9.79. The summed E-state index contributed by atoms with van der Waals surface area (Å²) in [6.45, 7) is 0.852. The highest BCUT2D eigenvalue weighted by molar-refractivity contribution is 6.31. The SMILES string of the molecule is CC(=O)C(=O)[N+](=O)[O-]. The molecule has 0 fully saturated rings. The van der Waals surface area contributed by atoms with Crippen molar-refractivity contribution in [1.29, 1.82) is 0 Å². The molecule has 0 unspecified atom stereocenters. The van der Waals surface area contributed by atoms with Crippen molar-refractivity contribution in [2.75, 3.05) is 0 Å². The van der Waals surface area contributed by atoms with Gasteiger partial charge in [-0.3, -0.25) is 14.9 Å². The maximum atomic E-state index is 9.79. The van der Waals surface area contributed by atoms with Crippen molar-refractivity contribution in [3.05, 3.63) is 10.1 Å². The highest BCUT2D eigenvalue weighted by atomic mass is 16.6. The van der Waals surface area contributed by atoms with Crippen LogP contribution in [0.25, 0.3) is 0 Å². The molecule has 1 amide bonds. The minimum atomic E-state index is -1.56. The number of rotatable bonds is 1. The van der Waals surface area contributed by atoms with Gasteiger partial charge in [0.2, 0.25) is 0 Å². The Hall–Kier alpha value is -1.26. The molecule has 0 spiro atoms. The minimum absolute atomic E-state index is 0.852. The normalized spacial score (nSPS) is 8.12. The van der Waals surface area contributed by atoms with Crippen LogP contribution in [-0.4, -0.2) is 16.6 Å². The van der Waals surface area contributed by atoms with Crippen LogP contribution in [0.5, 0.6) is 0 Å². The fourth-order valence-corrected chi connectivity index (χ4v) is 0.129. The Bertz CT molecular complexity index is 133. The molecule has 0 aromatic heterocycles. The second-order valence-corrected chi connectivity index (χ2v) is 1.12. The van der Waals surface area contributed by atoms with Crippen molar-refractivity contribution in [3.8, 4) is 0 Å². The first-order valence-corrected chi connectivity index (χ1v) is 1.75. The molecule has 0 N–H and O–H groups in total. The van der Waals surface area contributed by atoms with Crippen LogP contribution in [0.3, 0.4) is 0 Å². The van der Waals surface area contributed by atoms with Crippen molar-refractivity contribution < 1.29 is 14.5 Å². The van der Waals surface area contributed by atoms with Crippen LogP contribution < -0.4 is 0 Å². The summed E-state index contributed by atoms with van der Waals surface area (Å²) in [6, 6.07) is 0. The standard InChI is InChI=1S/C3H3NO4/c1-2(5)3(6)4(7)8/h1H3. The molecule has 5 nitrogen and oxygen atoms in total. The molecule has 0 aliphatic rings. The van der Waals surface area contributed by atoms with E-state index in [4.69, 9.17) is 0 Å². The number of Topliss-reactive ketones (excluding diaryl/α,β-unsaturated/α-hetero) is 1. The molecular weight excluding hydrogens is 114 g/mol. The lowest BCUT2D eigenvalue weighted by molar-refractivity contribution is -0.396. The Labute approximate surface area is 44.4 Å². The minimum Gasteiger partial charge on any atom is -0.283 e. The Kier molecular flexibility index (Phi) is 1.81. The van der Waals surface area contributed by atoms with E-state index in [1.807, 2.05) is 0 Å². The van der Waals surface area contributed by atoms with Gasteiger partial charge in [0.15, 0.2) is 0 Å². The Morgan fingerprint density at radius 1 is 1.50 bits per heavy atom. The van der Waals surface area contributed by atoms with Gasteiger partial charge in [-0.15, -0.1) is 0 Å². The summed E-state index contributed by atoms with van der Waals surface area (Å²) in [6.07, 6.45) is 0. The molecule has 0 bridgehead atoms. The highest BCUT2D eigenvalue weighted by Gasteiger charge is 2.20. The molecule has 0 radical (unpaired) electrons. The van der Waals surface area contributed by atoms with E-state index in [0.717, 1.165) is 6.92 Å². The molecule has 0 aromatic rings. The van der Waals surface area contributed by atoms with Crippen molar-refractivity contribution in [2.24, 2.45) is 0 Å². The zero-order valence-corrected chi connectivity index (χ0v) is 4.08. The van der Waals surface area contributed by atoms with Gasteiger partial charge >= 0.3 is 5.91 Å². The van der Waals surface area contributed by atoms with Crippen LogP contribution in [0.2, 0.25) is 0 Å². The first-order chi connectivity index (χ1) is 3.55. The molecule has 0 heterocycles. The number of ketones is 1. The number of nitro groups is 1. The zero-order chi connectivity index (χ0) is 6.73. The summed E-state index contributed by atoms with van der Waals surface area (Å²) in [7, 11) is 0. The van der Waals surface area contributed by atoms with Crippen LogP contribution in [0.1, 0.15) is 6.92 Å². The smallest absolute Gasteiger partial charge is 0.283 e. The van der Waals surface area contributed by atoms with Crippen LogP contribution in [0, 0.1) is 10.1 Å². The lowest BCUT2D eigenvalue weighted by Crippen LogP contribution is -2.19. The van der Waals surface area contributed by atoms with Gasteiger partial charge in [0.05, 0.1) is 0 Å². The number of amides is 1. The number of hydrogen-bond acceptors (Lipinski definition) is 4. The molecule has 0 aliphatic carbocycles. The van der Waals surface area contributed by atoms with E-state index >= 15 is 0 Å².